The van der Waals surface area contributed by atoms with Crippen LogP contribution in [0.25, 0.3) is 0 Å². The summed E-state index contributed by atoms with van der Waals surface area (Å²) in [6.07, 6.45) is 2.36. The van der Waals surface area contributed by atoms with Crippen molar-refractivity contribution in [3.05, 3.63) is 29.8 Å². The monoisotopic (exact) mass is 219 g/mol. The van der Waals surface area contributed by atoms with Gasteiger partial charge in [-0.2, -0.15) is 0 Å². The molecule has 86 valence electrons. The Morgan fingerprint density at radius 3 is 2.56 bits per heavy atom. The number of aliphatic hydroxyl groups is 1. The summed E-state index contributed by atoms with van der Waals surface area (Å²) in [7, 11) is 0. The molecule has 0 bridgehead atoms. The van der Waals surface area contributed by atoms with Crippen LogP contribution in [0.4, 0.5) is 5.69 Å². The quantitative estimate of drug-likeness (QED) is 0.815. The second-order valence-electron chi connectivity index (χ2n) is 4.47. The van der Waals surface area contributed by atoms with Gasteiger partial charge in [-0.1, -0.05) is 19.1 Å². The Morgan fingerprint density at radius 2 is 2.06 bits per heavy atom. The molecule has 1 aliphatic carbocycles. The van der Waals surface area contributed by atoms with Gasteiger partial charge in [0.05, 0.1) is 6.61 Å². The van der Waals surface area contributed by atoms with Crippen molar-refractivity contribution >= 4 is 11.6 Å². The van der Waals surface area contributed by atoms with Crippen molar-refractivity contribution in [2.75, 3.05) is 5.32 Å². The SMILES string of the molecule is CC(C(=O)Nc1ccc(CO)cc1)C1CC1. The molecular weight excluding hydrogens is 202 g/mol. The molecule has 2 rings (SSSR count). The molecule has 3 heteroatoms. The van der Waals surface area contributed by atoms with E-state index < -0.39 is 0 Å². The molecule has 0 heterocycles. The highest BCUT2D eigenvalue weighted by atomic mass is 16.3. The number of benzene rings is 1. The van der Waals surface area contributed by atoms with Crippen LogP contribution < -0.4 is 5.32 Å². The van der Waals surface area contributed by atoms with E-state index in [0.29, 0.717) is 5.92 Å². The highest BCUT2D eigenvalue weighted by molar-refractivity contribution is 5.92. The number of hydrogen-bond acceptors (Lipinski definition) is 2. The third-order valence-corrected chi connectivity index (χ3v) is 3.15. The van der Waals surface area contributed by atoms with E-state index in [1.54, 1.807) is 0 Å². The van der Waals surface area contributed by atoms with E-state index in [9.17, 15) is 4.79 Å². The lowest BCUT2D eigenvalue weighted by molar-refractivity contribution is -0.119. The van der Waals surface area contributed by atoms with E-state index in [1.807, 2.05) is 31.2 Å². The van der Waals surface area contributed by atoms with Crippen LogP contribution in [-0.4, -0.2) is 11.0 Å². The van der Waals surface area contributed by atoms with Gasteiger partial charge in [0, 0.05) is 11.6 Å². The molecule has 0 spiro atoms. The summed E-state index contributed by atoms with van der Waals surface area (Å²) in [5.41, 5.74) is 1.66. The number of rotatable bonds is 4. The summed E-state index contributed by atoms with van der Waals surface area (Å²) >= 11 is 0. The zero-order chi connectivity index (χ0) is 11.5. The van der Waals surface area contributed by atoms with Crippen molar-refractivity contribution in [1.82, 2.24) is 0 Å². The maximum atomic E-state index is 11.8. The standard InChI is InChI=1S/C13H17NO2/c1-9(11-4-5-11)13(16)14-12-6-2-10(8-15)3-7-12/h2-3,6-7,9,11,15H,4-5,8H2,1H3,(H,14,16). The predicted octanol–water partition coefficient (Wildman–Crippen LogP) is 2.16. The molecule has 0 radical (unpaired) electrons. The van der Waals surface area contributed by atoms with Crippen LogP contribution in [0, 0.1) is 11.8 Å². The van der Waals surface area contributed by atoms with Gasteiger partial charge in [0.1, 0.15) is 0 Å². The first-order valence-corrected chi connectivity index (χ1v) is 5.71. The van der Waals surface area contributed by atoms with Gasteiger partial charge in [0.25, 0.3) is 0 Å². The Balaban J connectivity index is 1.94. The van der Waals surface area contributed by atoms with Crippen molar-refractivity contribution in [2.24, 2.45) is 11.8 Å². The van der Waals surface area contributed by atoms with Crippen LogP contribution in [0.5, 0.6) is 0 Å². The molecule has 2 N–H and O–H groups in total. The van der Waals surface area contributed by atoms with Gasteiger partial charge in [-0.15, -0.1) is 0 Å². The Labute approximate surface area is 95.5 Å². The van der Waals surface area contributed by atoms with E-state index in [2.05, 4.69) is 5.32 Å². The summed E-state index contributed by atoms with van der Waals surface area (Å²) in [5, 5.41) is 11.8. The molecule has 1 aromatic rings. The van der Waals surface area contributed by atoms with E-state index in [-0.39, 0.29) is 18.4 Å². The van der Waals surface area contributed by atoms with E-state index in [1.165, 1.54) is 12.8 Å². The molecule has 1 unspecified atom stereocenters. The fraction of sp³-hybridized carbons (Fsp3) is 0.462. The molecule has 3 nitrogen and oxygen atoms in total. The van der Waals surface area contributed by atoms with Crippen LogP contribution in [0.3, 0.4) is 0 Å². The summed E-state index contributed by atoms with van der Waals surface area (Å²) in [4.78, 5) is 11.8. The first kappa shape index (κ1) is 11.1. The highest BCUT2D eigenvalue weighted by Gasteiger charge is 2.32. The Bertz CT molecular complexity index is 368. The third-order valence-electron chi connectivity index (χ3n) is 3.15. The Kier molecular flexibility index (Phi) is 3.25. The second kappa shape index (κ2) is 4.66. The van der Waals surface area contributed by atoms with Crippen molar-refractivity contribution in [2.45, 2.75) is 26.4 Å². The number of carbonyl (C=O) groups is 1. The van der Waals surface area contributed by atoms with Crippen molar-refractivity contribution in [1.29, 1.82) is 0 Å². The number of nitrogens with one attached hydrogen (secondary N) is 1. The lowest BCUT2D eigenvalue weighted by Crippen LogP contribution is -2.21. The molecule has 0 aromatic heterocycles. The third kappa shape index (κ3) is 2.61. The van der Waals surface area contributed by atoms with Gasteiger partial charge in [0.2, 0.25) is 5.91 Å². The van der Waals surface area contributed by atoms with Gasteiger partial charge >= 0.3 is 0 Å². The van der Waals surface area contributed by atoms with Crippen LogP contribution in [0.2, 0.25) is 0 Å². The van der Waals surface area contributed by atoms with Gasteiger partial charge in [-0.3, -0.25) is 4.79 Å². The first-order valence-electron chi connectivity index (χ1n) is 5.71. The van der Waals surface area contributed by atoms with Crippen molar-refractivity contribution in [3.63, 3.8) is 0 Å². The summed E-state index contributed by atoms with van der Waals surface area (Å²) < 4.78 is 0. The lowest BCUT2D eigenvalue weighted by atomic mass is 10.1. The van der Waals surface area contributed by atoms with Gasteiger partial charge < -0.3 is 10.4 Å². The van der Waals surface area contributed by atoms with Crippen molar-refractivity contribution in [3.8, 4) is 0 Å². The summed E-state index contributed by atoms with van der Waals surface area (Å²) in [6, 6.07) is 7.28. The molecule has 1 fully saturated rings. The molecule has 1 aromatic carbocycles. The number of carbonyl (C=O) groups excluding carboxylic acids is 1. The van der Waals surface area contributed by atoms with Crippen LogP contribution in [-0.2, 0) is 11.4 Å². The zero-order valence-corrected chi connectivity index (χ0v) is 9.44. The maximum Gasteiger partial charge on any atom is 0.227 e. The summed E-state index contributed by atoms with van der Waals surface area (Å²) in [6.45, 7) is 2.02. The lowest BCUT2D eigenvalue weighted by Gasteiger charge is -2.11. The van der Waals surface area contributed by atoms with E-state index in [0.717, 1.165) is 11.3 Å². The molecular formula is C13H17NO2. The fourth-order valence-electron chi connectivity index (χ4n) is 1.76. The molecule has 1 aliphatic rings. The molecule has 16 heavy (non-hydrogen) atoms. The predicted molar refractivity (Wildman–Crippen MR) is 62.9 cm³/mol. The minimum Gasteiger partial charge on any atom is -0.392 e. The summed E-state index contributed by atoms with van der Waals surface area (Å²) in [5.74, 6) is 0.786. The highest BCUT2D eigenvalue weighted by Crippen LogP contribution is 2.37. The molecule has 1 atom stereocenters. The minimum absolute atomic E-state index is 0.0344. The molecule has 0 aliphatic heterocycles. The zero-order valence-electron chi connectivity index (χ0n) is 9.44. The van der Waals surface area contributed by atoms with Gasteiger partial charge in [-0.25, -0.2) is 0 Å². The number of hydrogen-bond donors (Lipinski definition) is 2. The smallest absolute Gasteiger partial charge is 0.227 e. The first-order chi connectivity index (χ1) is 7.70. The van der Waals surface area contributed by atoms with Gasteiger partial charge in [-0.05, 0) is 36.5 Å². The van der Waals surface area contributed by atoms with Crippen LogP contribution >= 0.6 is 0 Å². The number of aliphatic hydroxyl groups excluding tert-OH is 1. The number of anilines is 1. The molecule has 1 amide bonds. The topological polar surface area (TPSA) is 49.3 Å². The fourth-order valence-corrected chi connectivity index (χ4v) is 1.76. The maximum absolute atomic E-state index is 11.8. The largest absolute Gasteiger partial charge is 0.392 e. The molecule has 0 saturated heterocycles. The van der Waals surface area contributed by atoms with E-state index in [4.69, 9.17) is 5.11 Å². The molecule has 1 saturated carbocycles. The van der Waals surface area contributed by atoms with Crippen LogP contribution in [0.1, 0.15) is 25.3 Å². The number of amides is 1. The Morgan fingerprint density at radius 1 is 1.44 bits per heavy atom. The minimum atomic E-state index is 0.0344. The van der Waals surface area contributed by atoms with Crippen LogP contribution in [0.15, 0.2) is 24.3 Å². The Hall–Kier alpha value is -1.35. The average Bonchev–Trinajstić information content (AvgIpc) is 3.13. The second-order valence-corrected chi connectivity index (χ2v) is 4.47. The van der Waals surface area contributed by atoms with Crippen molar-refractivity contribution < 1.29 is 9.90 Å². The van der Waals surface area contributed by atoms with Gasteiger partial charge in [0.15, 0.2) is 0 Å². The average molecular weight is 219 g/mol. The normalized spacial score (nSPS) is 16.9. The van der Waals surface area contributed by atoms with E-state index >= 15 is 0 Å².